The molecule has 2 aromatic rings. The van der Waals surface area contributed by atoms with Gasteiger partial charge in [0.15, 0.2) is 0 Å². The summed E-state index contributed by atoms with van der Waals surface area (Å²) in [6.45, 7) is 3.92. The third-order valence-electron chi connectivity index (χ3n) is 4.93. The fourth-order valence-electron chi connectivity index (χ4n) is 2.99. The molecule has 1 amide bonds. The molecule has 2 aromatic carbocycles. The molecule has 0 spiro atoms. The number of sulfonamides is 1. The van der Waals surface area contributed by atoms with Crippen LogP contribution in [0.4, 0.5) is 0 Å². The Morgan fingerprint density at radius 1 is 1.14 bits per heavy atom. The van der Waals surface area contributed by atoms with Crippen LogP contribution >= 0.6 is 0 Å². The topological polar surface area (TPSA) is 95.9 Å². The van der Waals surface area contributed by atoms with E-state index in [9.17, 15) is 18.4 Å². The van der Waals surface area contributed by atoms with Gasteiger partial charge in [0.05, 0.1) is 12.0 Å². The zero-order valence-corrected chi connectivity index (χ0v) is 17.7. The molecule has 2 rings (SSSR count). The number of methoxy groups -OCH3 is 1. The van der Waals surface area contributed by atoms with Crippen LogP contribution in [0.25, 0.3) is 0 Å². The molecular formula is C21H28N2O5S. The average Bonchev–Trinajstić information content (AvgIpc) is 2.76. The molecule has 0 bridgehead atoms. The first kappa shape index (κ1) is 22.9. The molecule has 0 unspecified atom stereocenters. The largest absolute Gasteiger partial charge is 0.497 e. The Morgan fingerprint density at radius 3 is 2.28 bits per heavy atom. The molecule has 29 heavy (non-hydrogen) atoms. The summed E-state index contributed by atoms with van der Waals surface area (Å²) >= 11 is 0. The summed E-state index contributed by atoms with van der Waals surface area (Å²) in [6, 6.07) is 14.0. The van der Waals surface area contributed by atoms with E-state index in [-0.39, 0.29) is 23.8 Å². The summed E-state index contributed by atoms with van der Waals surface area (Å²) in [6.07, 6.45) is 1.06. The minimum Gasteiger partial charge on any atom is -0.497 e. The lowest BCUT2D eigenvalue weighted by Gasteiger charge is -2.31. The van der Waals surface area contributed by atoms with Crippen molar-refractivity contribution >= 4 is 15.9 Å². The lowest BCUT2D eigenvalue weighted by molar-refractivity contribution is -0.133. The second-order valence-corrected chi connectivity index (χ2v) is 8.84. The third kappa shape index (κ3) is 5.79. The number of benzene rings is 2. The standard InChI is InChI=1S/C21H28N2O5S/c1-4-16(2)14-20(21(24)22-25)23(15-17-8-6-5-7-9-17)29(26,27)19-12-10-18(28-3)11-13-19/h5-13,16,20,25H,4,14-15H2,1-3H3,(H,22,24)/t16-,20+/m0/s1. The van der Waals surface area contributed by atoms with Crippen molar-refractivity contribution in [1.29, 1.82) is 0 Å². The maximum Gasteiger partial charge on any atom is 0.261 e. The number of nitrogens with one attached hydrogen (secondary N) is 1. The highest BCUT2D eigenvalue weighted by molar-refractivity contribution is 7.89. The van der Waals surface area contributed by atoms with Gasteiger partial charge in [-0.1, -0.05) is 50.6 Å². The van der Waals surface area contributed by atoms with Crippen LogP contribution in [-0.2, 0) is 21.4 Å². The molecule has 0 heterocycles. The van der Waals surface area contributed by atoms with Crippen molar-refractivity contribution in [2.45, 2.75) is 44.2 Å². The molecular weight excluding hydrogens is 392 g/mol. The number of amides is 1. The van der Waals surface area contributed by atoms with Crippen LogP contribution in [-0.4, -0.2) is 37.0 Å². The van der Waals surface area contributed by atoms with Crippen LogP contribution in [0, 0.1) is 5.92 Å². The fraction of sp³-hybridized carbons (Fsp3) is 0.381. The number of hydroxylamine groups is 1. The van der Waals surface area contributed by atoms with Gasteiger partial charge < -0.3 is 4.74 Å². The SMILES string of the molecule is CC[C@H](C)C[C@H](C(=O)NO)N(Cc1ccccc1)S(=O)(=O)c1ccc(OC)cc1. The second-order valence-electron chi connectivity index (χ2n) is 6.95. The maximum atomic E-state index is 13.5. The quantitative estimate of drug-likeness (QED) is 0.455. The number of hydrogen-bond acceptors (Lipinski definition) is 5. The Morgan fingerprint density at radius 2 is 1.76 bits per heavy atom. The van der Waals surface area contributed by atoms with Gasteiger partial charge in [-0.05, 0) is 42.2 Å². The van der Waals surface area contributed by atoms with E-state index < -0.39 is 22.0 Å². The predicted octanol–water partition coefficient (Wildman–Crippen LogP) is 3.20. The highest BCUT2D eigenvalue weighted by atomic mass is 32.2. The van der Waals surface area contributed by atoms with E-state index in [1.54, 1.807) is 29.7 Å². The van der Waals surface area contributed by atoms with Crippen molar-refractivity contribution in [3.8, 4) is 5.75 Å². The molecule has 0 aliphatic carbocycles. The Kier molecular flexibility index (Phi) is 8.19. The van der Waals surface area contributed by atoms with Gasteiger partial charge in [0, 0.05) is 6.54 Å². The van der Waals surface area contributed by atoms with Crippen molar-refractivity contribution in [2.24, 2.45) is 5.92 Å². The van der Waals surface area contributed by atoms with Gasteiger partial charge in [-0.3, -0.25) is 10.0 Å². The predicted molar refractivity (Wildman–Crippen MR) is 110 cm³/mol. The van der Waals surface area contributed by atoms with E-state index >= 15 is 0 Å². The number of carbonyl (C=O) groups is 1. The van der Waals surface area contributed by atoms with E-state index in [2.05, 4.69) is 0 Å². The van der Waals surface area contributed by atoms with E-state index in [1.807, 2.05) is 32.0 Å². The molecule has 2 atom stereocenters. The average molecular weight is 421 g/mol. The van der Waals surface area contributed by atoms with E-state index in [4.69, 9.17) is 4.74 Å². The number of ether oxygens (including phenoxy) is 1. The van der Waals surface area contributed by atoms with Gasteiger partial charge in [0.1, 0.15) is 11.8 Å². The van der Waals surface area contributed by atoms with Gasteiger partial charge in [-0.25, -0.2) is 13.9 Å². The molecule has 0 saturated heterocycles. The Hall–Kier alpha value is -2.42. The molecule has 0 fully saturated rings. The summed E-state index contributed by atoms with van der Waals surface area (Å²) < 4.78 is 33.2. The summed E-state index contributed by atoms with van der Waals surface area (Å²) in [5, 5.41) is 9.27. The minimum atomic E-state index is -4.03. The van der Waals surface area contributed by atoms with Crippen molar-refractivity contribution in [3.05, 3.63) is 60.2 Å². The highest BCUT2D eigenvalue weighted by Crippen LogP contribution is 2.26. The molecule has 0 radical (unpaired) electrons. The van der Waals surface area contributed by atoms with Crippen molar-refractivity contribution in [1.82, 2.24) is 9.79 Å². The summed E-state index contributed by atoms with van der Waals surface area (Å²) in [7, 11) is -2.53. The van der Waals surface area contributed by atoms with Crippen molar-refractivity contribution < 1.29 is 23.2 Å². The Bertz CT molecular complexity index is 885. The first-order chi connectivity index (χ1) is 13.8. The van der Waals surface area contributed by atoms with E-state index in [0.29, 0.717) is 5.75 Å². The Labute approximate surface area is 172 Å². The zero-order valence-electron chi connectivity index (χ0n) is 16.9. The summed E-state index contributed by atoms with van der Waals surface area (Å²) in [4.78, 5) is 12.5. The maximum absolute atomic E-state index is 13.5. The zero-order chi connectivity index (χ0) is 21.4. The molecule has 0 aliphatic heterocycles. The molecule has 2 N–H and O–H groups in total. The molecule has 158 valence electrons. The van der Waals surface area contributed by atoms with Crippen LogP contribution in [0.15, 0.2) is 59.5 Å². The lowest BCUT2D eigenvalue weighted by atomic mass is 9.98. The smallest absolute Gasteiger partial charge is 0.261 e. The number of hydrogen-bond donors (Lipinski definition) is 2. The molecule has 7 nitrogen and oxygen atoms in total. The fourth-order valence-corrected chi connectivity index (χ4v) is 4.57. The van der Waals surface area contributed by atoms with Gasteiger partial charge in [-0.2, -0.15) is 4.31 Å². The van der Waals surface area contributed by atoms with Gasteiger partial charge in [0.25, 0.3) is 5.91 Å². The monoisotopic (exact) mass is 420 g/mol. The van der Waals surface area contributed by atoms with Crippen molar-refractivity contribution in [3.63, 3.8) is 0 Å². The lowest BCUT2D eigenvalue weighted by Crippen LogP contribution is -2.49. The van der Waals surface area contributed by atoms with E-state index in [0.717, 1.165) is 16.3 Å². The first-order valence-corrected chi connectivity index (χ1v) is 10.9. The van der Waals surface area contributed by atoms with Crippen LogP contribution < -0.4 is 10.2 Å². The molecule has 0 saturated carbocycles. The minimum absolute atomic E-state index is 0.00369. The van der Waals surface area contributed by atoms with E-state index in [1.165, 1.54) is 19.2 Å². The first-order valence-electron chi connectivity index (χ1n) is 9.47. The number of rotatable bonds is 10. The number of nitrogens with zero attached hydrogens (tertiary/aromatic N) is 1. The van der Waals surface area contributed by atoms with Crippen LogP contribution in [0.3, 0.4) is 0 Å². The second kappa shape index (κ2) is 10.4. The van der Waals surface area contributed by atoms with Gasteiger partial charge in [0.2, 0.25) is 10.0 Å². The van der Waals surface area contributed by atoms with Crippen molar-refractivity contribution in [2.75, 3.05) is 7.11 Å². The molecule has 8 heteroatoms. The molecule has 0 aliphatic rings. The van der Waals surface area contributed by atoms with Crippen LogP contribution in [0.2, 0.25) is 0 Å². The normalized spacial score (nSPS) is 13.7. The van der Waals surface area contributed by atoms with Crippen LogP contribution in [0.1, 0.15) is 32.3 Å². The number of carbonyl (C=O) groups excluding carboxylic acids is 1. The van der Waals surface area contributed by atoms with Gasteiger partial charge >= 0.3 is 0 Å². The molecule has 0 aromatic heterocycles. The van der Waals surface area contributed by atoms with Crippen LogP contribution in [0.5, 0.6) is 5.75 Å². The highest BCUT2D eigenvalue weighted by Gasteiger charge is 2.36. The Balaban J connectivity index is 2.52. The summed E-state index contributed by atoms with van der Waals surface area (Å²) in [5.41, 5.74) is 2.38. The third-order valence-corrected chi connectivity index (χ3v) is 6.80. The van der Waals surface area contributed by atoms with Gasteiger partial charge in [-0.15, -0.1) is 0 Å². The summed E-state index contributed by atoms with van der Waals surface area (Å²) in [5.74, 6) is -0.136.